The van der Waals surface area contributed by atoms with Gasteiger partial charge in [0.15, 0.2) is 18.9 Å². The third kappa shape index (κ3) is 8.32. The molecule has 15 heteroatoms. The van der Waals surface area contributed by atoms with Crippen LogP contribution in [0.5, 0.6) is 0 Å². The zero-order valence-electron chi connectivity index (χ0n) is 23.2. The van der Waals surface area contributed by atoms with Crippen LogP contribution in [0.15, 0.2) is 0 Å². The van der Waals surface area contributed by atoms with Gasteiger partial charge in [0, 0.05) is 32.1 Å². The lowest BCUT2D eigenvalue weighted by molar-refractivity contribution is -0.345. The lowest BCUT2D eigenvalue weighted by Crippen LogP contribution is -2.63. The summed E-state index contributed by atoms with van der Waals surface area (Å²) in [5.74, 6) is 0. The molecule has 15 atom stereocenters. The Morgan fingerprint density at radius 1 is 0.537 bits per heavy atom. The van der Waals surface area contributed by atoms with Crippen LogP contribution in [0, 0.1) is 0 Å². The number of hydrogen-bond donors (Lipinski definition) is 8. The van der Waals surface area contributed by atoms with Crippen molar-refractivity contribution in [1.82, 2.24) is 0 Å². The monoisotopic (exact) mass is 598 g/mol. The molecule has 4 rings (SSSR count). The maximum Gasteiger partial charge on any atom is 0.161 e. The van der Waals surface area contributed by atoms with Gasteiger partial charge >= 0.3 is 0 Å². The van der Waals surface area contributed by atoms with Crippen molar-refractivity contribution in [3.8, 4) is 0 Å². The van der Waals surface area contributed by atoms with Crippen molar-refractivity contribution >= 4 is 0 Å². The molecule has 4 fully saturated rings. The summed E-state index contributed by atoms with van der Waals surface area (Å²) >= 11 is 0. The predicted octanol–water partition coefficient (Wildman–Crippen LogP) is -3.14. The maximum absolute atomic E-state index is 11.4. The van der Waals surface area contributed by atoms with E-state index in [0.717, 1.165) is 0 Å². The average Bonchev–Trinajstić information content (AvgIpc) is 2.96. The molecule has 4 aliphatic rings. The second-order valence-corrected chi connectivity index (χ2v) is 11.2. The van der Waals surface area contributed by atoms with Crippen molar-refractivity contribution in [2.75, 3.05) is 26.4 Å². The fourth-order valence-electron chi connectivity index (χ4n) is 5.94. The molecule has 4 saturated heterocycles. The lowest BCUT2D eigenvalue weighted by atomic mass is 9.93. The zero-order valence-corrected chi connectivity index (χ0v) is 23.2. The van der Waals surface area contributed by atoms with E-state index in [0.29, 0.717) is 6.42 Å². The highest BCUT2D eigenvalue weighted by atomic mass is 16.7. The maximum atomic E-state index is 11.4. The Bertz CT molecular complexity index is 777. The molecule has 4 aliphatic heterocycles. The summed E-state index contributed by atoms with van der Waals surface area (Å²) in [6.45, 7) is 0.160. The van der Waals surface area contributed by atoms with Gasteiger partial charge in [0.1, 0.15) is 36.6 Å². The summed E-state index contributed by atoms with van der Waals surface area (Å²) in [7, 11) is 0. The van der Waals surface area contributed by atoms with E-state index in [9.17, 15) is 40.9 Å². The zero-order chi connectivity index (χ0) is 29.7. The quantitative estimate of drug-likeness (QED) is 0.118. The highest BCUT2D eigenvalue weighted by molar-refractivity contribution is 4.95. The van der Waals surface area contributed by atoms with Crippen LogP contribution < -0.4 is 0 Å². The van der Waals surface area contributed by atoms with Gasteiger partial charge < -0.3 is 74.0 Å². The molecule has 15 nitrogen and oxygen atoms in total. The molecule has 0 aromatic rings. The molecule has 0 unspecified atom stereocenters. The van der Waals surface area contributed by atoms with E-state index in [4.69, 9.17) is 33.2 Å². The van der Waals surface area contributed by atoms with Crippen molar-refractivity contribution in [2.24, 2.45) is 0 Å². The Morgan fingerprint density at radius 3 is 1.56 bits per heavy atom. The Hall–Kier alpha value is -0.600. The van der Waals surface area contributed by atoms with Gasteiger partial charge in [-0.1, -0.05) is 6.92 Å². The molecule has 0 aromatic heterocycles. The Balaban J connectivity index is 1.45. The molecule has 4 heterocycles. The molecule has 0 aliphatic carbocycles. The Labute approximate surface area is 238 Å². The number of aliphatic hydroxyl groups is 8. The van der Waals surface area contributed by atoms with Gasteiger partial charge in [-0.2, -0.15) is 0 Å². The van der Waals surface area contributed by atoms with E-state index >= 15 is 0 Å². The largest absolute Gasteiger partial charge is 0.394 e. The number of aliphatic hydroxyl groups excluding tert-OH is 8. The third-order valence-electron chi connectivity index (χ3n) is 8.07. The summed E-state index contributed by atoms with van der Waals surface area (Å²) in [4.78, 5) is 0. The minimum Gasteiger partial charge on any atom is -0.394 e. The van der Waals surface area contributed by atoms with E-state index in [1.165, 1.54) is 0 Å². The molecule has 0 amide bonds. The van der Waals surface area contributed by atoms with Gasteiger partial charge in [-0.05, 0) is 6.42 Å². The second-order valence-electron chi connectivity index (χ2n) is 11.2. The van der Waals surface area contributed by atoms with Crippen LogP contribution in [0.3, 0.4) is 0 Å². The standard InChI is InChI=1S/C26H46O15/c1-2-16-25(24(34)26(19(11-30)37-16)40-21-6-13(32)4-15(9-28)36-21)41-22-7-17(23(33)18(10-29)39-22)38-20-5-12(31)3-14(8-27)35-20/h12-34H,2-11H2,1H3/t12-,13-,14-,15-,16-,17+,18+,19+,20-,21-,22-,23-,24+,25-,26+/m0/s1. The molecule has 0 bridgehead atoms. The first-order chi connectivity index (χ1) is 19.7. The summed E-state index contributed by atoms with van der Waals surface area (Å²) in [6, 6.07) is 0. The second kappa shape index (κ2) is 15.4. The van der Waals surface area contributed by atoms with Crippen molar-refractivity contribution in [2.45, 2.75) is 138 Å². The van der Waals surface area contributed by atoms with Gasteiger partial charge in [0.2, 0.25) is 0 Å². The first-order valence-electron chi connectivity index (χ1n) is 14.4. The van der Waals surface area contributed by atoms with Gasteiger partial charge in [-0.3, -0.25) is 0 Å². The number of ether oxygens (including phenoxy) is 7. The van der Waals surface area contributed by atoms with E-state index < -0.39 is 105 Å². The number of hydrogen-bond acceptors (Lipinski definition) is 15. The fourth-order valence-corrected chi connectivity index (χ4v) is 5.94. The van der Waals surface area contributed by atoms with Crippen LogP contribution in [0.2, 0.25) is 0 Å². The Morgan fingerprint density at radius 2 is 1.05 bits per heavy atom. The van der Waals surface area contributed by atoms with Crippen molar-refractivity contribution in [3.63, 3.8) is 0 Å². The predicted molar refractivity (Wildman–Crippen MR) is 135 cm³/mol. The third-order valence-corrected chi connectivity index (χ3v) is 8.07. The van der Waals surface area contributed by atoms with E-state index in [-0.39, 0.29) is 45.3 Å². The Kier molecular flexibility index (Phi) is 12.5. The van der Waals surface area contributed by atoms with Gasteiger partial charge in [0.25, 0.3) is 0 Å². The molecule has 240 valence electrons. The molecule has 41 heavy (non-hydrogen) atoms. The average molecular weight is 599 g/mol. The van der Waals surface area contributed by atoms with Crippen LogP contribution in [0.1, 0.15) is 45.4 Å². The lowest BCUT2D eigenvalue weighted by Gasteiger charge is -2.48. The van der Waals surface area contributed by atoms with E-state index in [1.54, 1.807) is 0 Å². The van der Waals surface area contributed by atoms with E-state index in [2.05, 4.69) is 0 Å². The van der Waals surface area contributed by atoms with Crippen molar-refractivity contribution in [3.05, 3.63) is 0 Å². The normalized spacial score (nSPS) is 47.8. The topological polar surface area (TPSA) is 226 Å². The van der Waals surface area contributed by atoms with Crippen LogP contribution >= 0.6 is 0 Å². The van der Waals surface area contributed by atoms with Crippen LogP contribution in [0.25, 0.3) is 0 Å². The molecule has 0 spiro atoms. The van der Waals surface area contributed by atoms with Gasteiger partial charge in [0.05, 0.1) is 63.1 Å². The highest BCUT2D eigenvalue weighted by Gasteiger charge is 2.50. The van der Waals surface area contributed by atoms with Crippen molar-refractivity contribution in [1.29, 1.82) is 0 Å². The molecule has 0 radical (unpaired) electrons. The number of rotatable bonds is 11. The first kappa shape index (κ1) is 33.3. The smallest absolute Gasteiger partial charge is 0.161 e. The van der Waals surface area contributed by atoms with Gasteiger partial charge in [-0.15, -0.1) is 0 Å². The van der Waals surface area contributed by atoms with Crippen LogP contribution in [0.4, 0.5) is 0 Å². The van der Waals surface area contributed by atoms with Crippen LogP contribution in [-0.2, 0) is 33.2 Å². The van der Waals surface area contributed by atoms with Gasteiger partial charge in [-0.25, -0.2) is 0 Å². The van der Waals surface area contributed by atoms with Crippen LogP contribution in [-0.4, -0.2) is 159 Å². The molecular formula is C26H46O15. The molecule has 8 N–H and O–H groups in total. The molecule has 0 aromatic carbocycles. The SMILES string of the molecule is CC[C@@H]1O[C@H](CO)[C@@H](O[C@H]2C[C@@H](O)C[C@@H](CO)O2)[C@H](O)[C@H]1O[C@H]1C[C@@H](O[C@H]2C[C@@H](O)C[C@@H](CO)O2)[C@H](O)[C@@H](CO)O1. The summed E-state index contributed by atoms with van der Waals surface area (Å²) in [5, 5.41) is 81.2. The summed E-state index contributed by atoms with van der Waals surface area (Å²) < 4.78 is 41.2. The highest BCUT2D eigenvalue weighted by Crippen LogP contribution is 2.34. The molecule has 0 saturated carbocycles. The summed E-state index contributed by atoms with van der Waals surface area (Å²) in [5.41, 5.74) is 0. The minimum atomic E-state index is -1.34. The summed E-state index contributed by atoms with van der Waals surface area (Å²) in [6.07, 6.45) is -13.1. The fraction of sp³-hybridized carbons (Fsp3) is 1.00. The minimum absolute atomic E-state index is 0.0257. The molecular weight excluding hydrogens is 552 g/mol. The van der Waals surface area contributed by atoms with Crippen molar-refractivity contribution < 1.29 is 74.0 Å². The first-order valence-corrected chi connectivity index (χ1v) is 14.4. The van der Waals surface area contributed by atoms with E-state index in [1.807, 2.05) is 6.92 Å².